The molecular formula is C13H18N4O3S. The van der Waals surface area contributed by atoms with Gasteiger partial charge >= 0.3 is 0 Å². The van der Waals surface area contributed by atoms with Gasteiger partial charge in [0.2, 0.25) is 15.9 Å². The molecule has 1 rings (SSSR count). The van der Waals surface area contributed by atoms with Crippen LogP contribution >= 0.6 is 0 Å². The van der Waals surface area contributed by atoms with E-state index in [-0.39, 0.29) is 16.1 Å². The minimum atomic E-state index is -3.96. The van der Waals surface area contributed by atoms with Crippen molar-refractivity contribution in [1.82, 2.24) is 10.0 Å². The van der Waals surface area contributed by atoms with Gasteiger partial charge in [-0.05, 0) is 39.0 Å². The minimum Gasteiger partial charge on any atom is -0.399 e. The molecule has 0 radical (unpaired) electrons. The van der Waals surface area contributed by atoms with Gasteiger partial charge in [-0.15, -0.1) is 0 Å². The molecule has 0 atom stereocenters. The van der Waals surface area contributed by atoms with E-state index in [2.05, 4.69) is 10.0 Å². The van der Waals surface area contributed by atoms with E-state index in [0.717, 1.165) is 0 Å². The number of anilines is 1. The number of rotatable bonds is 4. The molecule has 0 aliphatic heterocycles. The van der Waals surface area contributed by atoms with Crippen molar-refractivity contribution in [3.05, 3.63) is 23.8 Å². The molecule has 0 spiro atoms. The van der Waals surface area contributed by atoms with E-state index in [4.69, 9.17) is 11.0 Å². The fourth-order valence-electron chi connectivity index (χ4n) is 1.57. The van der Waals surface area contributed by atoms with Crippen LogP contribution in [0.1, 0.15) is 26.3 Å². The molecule has 0 aromatic heterocycles. The van der Waals surface area contributed by atoms with Gasteiger partial charge in [-0.25, -0.2) is 13.1 Å². The predicted molar refractivity (Wildman–Crippen MR) is 78.7 cm³/mol. The largest absolute Gasteiger partial charge is 0.399 e. The zero-order valence-corrected chi connectivity index (χ0v) is 12.9. The average molecular weight is 310 g/mol. The Kier molecular flexibility index (Phi) is 4.93. The van der Waals surface area contributed by atoms with Crippen molar-refractivity contribution < 1.29 is 13.2 Å². The number of sulfonamides is 1. The summed E-state index contributed by atoms with van der Waals surface area (Å²) >= 11 is 0. The first-order valence-corrected chi connectivity index (χ1v) is 7.64. The van der Waals surface area contributed by atoms with Gasteiger partial charge in [0, 0.05) is 11.2 Å². The second kappa shape index (κ2) is 6.11. The number of carbonyl (C=O) groups is 1. The van der Waals surface area contributed by atoms with E-state index in [1.165, 1.54) is 18.2 Å². The van der Waals surface area contributed by atoms with E-state index in [1.54, 1.807) is 26.8 Å². The minimum absolute atomic E-state index is 0.0706. The van der Waals surface area contributed by atoms with Gasteiger partial charge in [0.15, 0.2) is 0 Å². The number of nitrogens with zero attached hydrogens (tertiary/aromatic N) is 1. The Morgan fingerprint density at radius 1 is 1.38 bits per heavy atom. The maximum Gasteiger partial charge on any atom is 0.242 e. The van der Waals surface area contributed by atoms with Crippen LogP contribution < -0.4 is 15.8 Å². The molecule has 0 aliphatic carbocycles. The molecule has 1 aromatic rings. The molecule has 114 valence electrons. The first kappa shape index (κ1) is 16.9. The van der Waals surface area contributed by atoms with Gasteiger partial charge in [-0.1, -0.05) is 0 Å². The van der Waals surface area contributed by atoms with E-state index in [0.29, 0.717) is 0 Å². The number of nitrogens with two attached hydrogens (primary N) is 1. The summed E-state index contributed by atoms with van der Waals surface area (Å²) in [5.74, 6) is -0.458. The molecule has 0 saturated carbocycles. The smallest absolute Gasteiger partial charge is 0.242 e. The van der Waals surface area contributed by atoms with Gasteiger partial charge in [-0.2, -0.15) is 5.26 Å². The maximum absolute atomic E-state index is 12.1. The number of hydrogen-bond acceptors (Lipinski definition) is 5. The lowest BCUT2D eigenvalue weighted by atomic mass is 10.1. The van der Waals surface area contributed by atoms with Crippen LogP contribution in [0.4, 0.5) is 5.69 Å². The fraction of sp³-hybridized carbons (Fsp3) is 0.385. The Morgan fingerprint density at radius 3 is 2.52 bits per heavy atom. The number of amides is 1. The van der Waals surface area contributed by atoms with Gasteiger partial charge in [0.25, 0.3) is 0 Å². The molecule has 0 fully saturated rings. The molecule has 0 unspecified atom stereocenters. The highest BCUT2D eigenvalue weighted by Crippen LogP contribution is 2.17. The third-order valence-corrected chi connectivity index (χ3v) is 3.81. The van der Waals surface area contributed by atoms with Gasteiger partial charge < -0.3 is 11.1 Å². The predicted octanol–water partition coefficient (Wildman–Crippen LogP) is 0.333. The van der Waals surface area contributed by atoms with E-state index in [1.807, 2.05) is 0 Å². The summed E-state index contributed by atoms with van der Waals surface area (Å²) in [6.07, 6.45) is 0. The van der Waals surface area contributed by atoms with Crippen LogP contribution in [-0.4, -0.2) is 26.4 Å². The van der Waals surface area contributed by atoms with Gasteiger partial charge in [-0.3, -0.25) is 4.79 Å². The summed E-state index contributed by atoms with van der Waals surface area (Å²) in [5, 5.41) is 11.6. The number of nitrogens with one attached hydrogen (secondary N) is 2. The average Bonchev–Trinajstić information content (AvgIpc) is 2.34. The van der Waals surface area contributed by atoms with E-state index >= 15 is 0 Å². The Labute approximate surface area is 124 Å². The van der Waals surface area contributed by atoms with Crippen molar-refractivity contribution in [3.8, 4) is 6.07 Å². The quantitative estimate of drug-likeness (QED) is 0.691. The second-order valence-electron chi connectivity index (χ2n) is 5.49. The molecule has 21 heavy (non-hydrogen) atoms. The molecule has 4 N–H and O–H groups in total. The van der Waals surface area contributed by atoms with Gasteiger partial charge in [0.05, 0.1) is 17.0 Å². The molecule has 0 saturated heterocycles. The van der Waals surface area contributed by atoms with Crippen LogP contribution in [-0.2, 0) is 14.8 Å². The van der Waals surface area contributed by atoms with Crippen LogP contribution in [0.2, 0.25) is 0 Å². The lowest BCUT2D eigenvalue weighted by Crippen LogP contribution is -2.45. The first-order valence-electron chi connectivity index (χ1n) is 6.15. The molecule has 7 nitrogen and oxygen atoms in total. The Hall–Kier alpha value is -2.11. The molecule has 8 heteroatoms. The van der Waals surface area contributed by atoms with Crippen LogP contribution in [0.3, 0.4) is 0 Å². The Bertz CT molecular complexity index is 684. The van der Waals surface area contributed by atoms with Crippen molar-refractivity contribution in [3.63, 3.8) is 0 Å². The normalized spacial score (nSPS) is 11.7. The SMILES string of the molecule is CC(C)(C)NC(=O)CNS(=O)(=O)c1ccc(N)cc1C#N. The third kappa shape index (κ3) is 5.06. The summed E-state index contributed by atoms with van der Waals surface area (Å²) in [6, 6.07) is 5.65. The van der Waals surface area contributed by atoms with Crippen LogP contribution in [0.25, 0.3) is 0 Å². The number of carbonyl (C=O) groups excluding carboxylic acids is 1. The van der Waals surface area contributed by atoms with Crippen LogP contribution in [0, 0.1) is 11.3 Å². The summed E-state index contributed by atoms with van der Waals surface area (Å²) in [6.45, 7) is 4.95. The molecule has 0 bridgehead atoms. The first-order chi connectivity index (χ1) is 9.55. The maximum atomic E-state index is 12.1. The highest BCUT2D eigenvalue weighted by Gasteiger charge is 2.21. The van der Waals surface area contributed by atoms with Crippen molar-refractivity contribution in [2.75, 3.05) is 12.3 Å². The number of hydrogen-bond donors (Lipinski definition) is 3. The summed E-state index contributed by atoms with van der Waals surface area (Å²) in [5.41, 5.74) is 5.27. The number of nitrogen functional groups attached to an aromatic ring is 1. The summed E-state index contributed by atoms with van der Waals surface area (Å²) in [4.78, 5) is 11.4. The Balaban J connectivity index is 2.89. The monoisotopic (exact) mass is 310 g/mol. The number of nitriles is 1. The number of benzene rings is 1. The standard InChI is InChI=1S/C13H18N4O3S/c1-13(2,3)17-12(18)8-16-21(19,20)11-5-4-10(15)6-9(11)7-14/h4-6,16H,8,15H2,1-3H3,(H,17,18). The van der Waals surface area contributed by atoms with Crippen molar-refractivity contribution >= 4 is 21.6 Å². The molecule has 0 heterocycles. The lowest BCUT2D eigenvalue weighted by Gasteiger charge is -2.20. The fourth-order valence-corrected chi connectivity index (χ4v) is 2.69. The van der Waals surface area contributed by atoms with Crippen molar-refractivity contribution in [2.45, 2.75) is 31.2 Å². The van der Waals surface area contributed by atoms with Crippen molar-refractivity contribution in [2.24, 2.45) is 0 Å². The van der Waals surface area contributed by atoms with Crippen LogP contribution in [0.5, 0.6) is 0 Å². The summed E-state index contributed by atoms with van der Waals surface area (Å²) < 4.78 is 26.4. The van der Waals surface area contributed by atoms with Crippen molar-refractivity contribution in [1.29, 1.82) is 5.26 Å². The Morgan fingerprint density at radius 2 is 2.00 bits per heavy atom. The highest BCUT2D eigenvalue weighted by molar-refractivity contribution is 7.89. The van der Waals surface area contributed by atoms with Crippen LogP contribution in [0.15, 0.2) is 23.1 Å². The topological polar surface area (TPSA) is 125 Å². The van der Waals surface area contributed by atoms with E-state index in [9.17, 15) is 13.2 Å². The van der Waals surface area contributed by atoms with Gasteiger partial charge in [0.1, 0.15) is 6.07 Å². The van der Waals surface area contributed by atoms with E-state index < -0.39 is 28.0 Å². The third-order valence-electron chi connectivity index (χ3n) is 2.35. The summed E-state index contributed by atoms with van der Waals surface area (Å²) in [7, 11) is -3.96. The molecule has 0 aliphatic rings. The zero-order valence-electron chi connectivity index (χ0n) is 12.1. The highest BCUT2D eigenvalue weighted by atomic mass is 32.2. The molecule has 1 amide bonds. The zero-order chi connectivity index (χ0) is 16.3. The molecular weight excluding hydrogens is 292 g/mol. The lowest BCUT2D eigenvalue weighted by molar-refractivity contribution is -0.121. The molecule has 1 aromatic carbocycles. The second-order valence-corrected chi connectivity index (χ2v) is 7.23.